The summed E-state index contributed by atoms with van der Waals surface area (Å²) in [4.78, 5) is 24.9. The lowest BCUT2D eigenvalue weighted by Crippen LogP contribution is -2.32. The Balaban J connectivity index is 1.64. The summed E-state index contributed by atoms with van der Waals surface area (Å²) >= 11 is 0. The van der Waals surface area contributed by atoms with Crippen LogP contribution in [0, 0.1) is 0 Å². The molecule has 5 heteroatoms. The molecule has 0 radical (unpaired) electrons. The third kappa shape index (κ3) is 5.20. The molecule has 28 heavy (non-hydrogen) atoms. The fourth-order valence-electron chi connectivity index (χ4n) is 2.68. The predicted molar refractivity (Wildman–Crippen MR) is 111 cm³/mol. The van der Waals surface area contributed by atoms with Gasteiger partial charge < -0.3 is 15.4 Å². The Morgan fingerprint density at radius 2 is 1.43 bits per heavy atom. The van der Waals surface area contributed by atoms with Gasteiger partial charge in [0.2, 0.25) is 0 Å². The molecule has 0 fully saturated rings. The van der Waals surface area contributed by atoms with Gasteiger partial charge in [0.25, 0.3) is 11.8 Å². The van der Waals surface area contributed by atoms with Crippen LogP contribution in [0.4, 0.5) is 11.4 Å². The summed E-state index contributed by atoms with van der Waals surface area (Å²) in [6.45, 7) is 1.89. The molecule has 0 aliphatic carbocycles. The van der Waals surface area contributed by atoms with Gasteiger partial charge in [0.15, 0.2) is 6.10 Å². The largest absolute Gasteiger partial charge is 0.481 e. The van der Waals surface area contributed by atoms with Crippen molar-refractivity contribution in [2.45, 2.75) is 19.4 Å². The second kappa shape index (κ2) is 9.37. The highest BCUT2D eigenvalue weighted by Crippen LogP contribution is 2.18. The minimum atomic E-state index is -0.607. The Hall–Kier alpha value is -3.60. The van der Waals surface area contributed by atoms with E-state index in [2.05, 4.69) is 10.6 Å². The van der Waals surface area contributed by atoms with E-state index in [9.17, 15) is 9.59 Å². The van der Waals surface area contributed by atoms with Crippen LogP contribution in [0.3, 0.4) is 0 Å². The van der Waals surface area contributed by atoms with Crippen molar-refractivity contribution in [3.05, 3.63) is 90.5 Å². The number of rotatable bonds is 7. The first-order valence-electron chi connectivity index (χ1n) is 9.14. The molecule has 1 unspecified atom stereocenters. The first-order chi connectivity index (χ1) is 13.7. The second-order valence-electron chi connectivity index (χ2n) is 6.22. The summed E-state index contributed by atoms with van der Waals surface area (Å²) in [7, 11) is 0. The number of para-hydroxylation sites is 1. The van der Waals surface area contributed by atoms with E-state index in [4.69, 9.17) is 4.74 Å². The Morgan fingerprint density at radius 1 is 0.821 bits per heavy atom. The van der Waals surface area contributed by atoms with Gasteiger partial charge in [-0.1, -0.05) is 49.4 Å². The van der Waals surface area contributed by atoms with Gasteiger partial charge >= 0.3 is 0 Å². The van der Waals surface area contributed by atoms with Gasteiger partial charge in [-0.25, -0.2) is 0 Å². The lowest BCUT2D eigenvalue weighted by atomic mass is 10.2. The van der Waals surface area contributed by atoms with Crippen LogP contribution in [0.15, 0.2) is 84.9 Å². The molecule has 5 nitrogen and oxygen atoms in total. The van der Waals surface area contributed by atoms with Crippen molar-refractivity contribution in [1.29, 1.82) is 0 Å². The van der Waals surface area contributed by atoms with Crippen molar-refractivity contribution in [1.82, 2.24) is 0 Å². The molecular formula is C23H22N2O3. The first kappa shape index (κ1) is 19.2. The van der Waals surface area contributed by atoms with Crippen LogP contribution in [0.2, 0.25) is 0 Å². The van der Waals surface area contributed by atoms with Crippen LogP contribution >= 0.6 is 0 Å². The second-order valence-corrected chi connectivity index (χ2v) is 6.22. The third-order valence-electron chi connectivity index (χ3n) is 4.11. The Bertz CT molecular complexity index is 927. The lowest BCUT2D eigenvalue weighted by Gasteiger charge is -2.17. The average molecular weight is 374 g/mol. The van der Waals surface area contributed by atoms with Gasteiger partial charge in [0.1, 0.15) is 5.75 Å². The monoisotopic (exact) mass is 374 g/mol. The van der Waals surface area contributed by atoms with Crippen molar-refractivity contribution in [2.24, 2.45) is 0 Å². The SMILES string of the molecule is CCC(Oc1ccccc1)C(=O)Nc1cccc(NC(=O)c2ccccc2)c1. The quantitative estimate of drug-likeness (QED) is 0.628. The maximum Gasteiger partial charge on any atom is 0.265 e. The highest BCUT2D eigenvalue weighted by molar-refractivity contribution is 6.04. The van der Waals surface area contributed by atoms with Gasteiger partial charge in [-0.05, 0) is 48.9 Å². The number of hydrogen-bond donors (Lipinski definition) is 2. The average Bonchev–Trinajstić information content (AvgIpc) is 2.73. The predicted octanol–water partition coefficient (Wildman–Crippen LogP) is 4.74. The van der Waals surface area contributed by atoms with Crippen LogP contribution in [-0.4, -0.2) is 17.9 Å². The van der Waals surface area contributed by atoms with Gasteiger partial charge in [-0.15, -0.1) is 0 Å². The van der Waals surface area contributed by atoms with E-state index < -0.39 is 6.10 Å². The van der Waals surface area contributed by atoms with E-state index in [-0.39, 0.29) is 11.8 Å². The minimum Gasteiger partial charge on any atom is -0.481 e. The van der Waals surface area contributed by atoms with E-state index in [0.29, 0.717) is 29.1 Å². The van der Waals surface area contributed by atoms with Crippen molar-refractivity contribution in [3.8, 4) is 5.75 Å². The standard InChI is InChI=1S/C23H22N2O3/c1-2-21(28-20-14-7-4-8-15-20)23(27)25-19-13-9-12-18(16-19)24-22(26)17-10-5-3-6-11-17/h3-16,21H,2H2,1H3,(H,24,26)(H,25,27). The highest BCUT2D eigenvalue weighted by Gasteiger charge is 2.18. The molecule has 0 saturated heterocycles. The van der Waals surface area contributed by atoms with E-state index in [0.717, 1.165) is 0 Å². The van der Waals surface area contributed by atoms with Crippen LogP contribution in [-0.2, 0) is 4.79 Å². The van der Waals surface area contributed by atoms with E-state index in [1.807, 2.05) is 55.5 Å². The minimum absolute atomic E-state index is 0.206. The van der Waals surface area contributed by atoms with Crippen molar-refractivity contribution < 1.29 is 14.3 Å². The fraction of sp³-hybridized carbons (Fsp3) is 0.130. The fourth-order valence-corrected chi connectivity index (χ4v) is 2.68. The normalized spacial score (nSPS) is 11.3. The summed E-state index contributed by atoms with van der Waals surface area (Å²) in [6, 6.07) is 25.2. The Morgan fingerprint density at radius 3 is 2.07 bits per heavy atom. The molecule has 3 aromatic rings. The first-order valence-corrected chi connectivity index (χ1v) is 9.14. The number of benzene rings is 3. The van der Waals surface area contributed by atoms with Crippen LogP contribution in [0.1, 0.15) is 23.7 Å². The van der Waals surface area contributed by atoms with E-state index in [1.54, 1.807) is 36.4 Å². The molecule has 3 aromatic carbocycles. The zero-order chi connectivity index (χ0) is 19.8. The Kier molecular flexibility index (Phi) is 6.41. The summed E-state index contributed by atoms with van der Waals surface area (Å²) in [5.41, 5.74) is 1.76. The molecule has 0 aromatic heterocycles. The molecule has 2 amide bonds. The maximum absolute atomic E-state index is 12.6. The van der Waals surface area contributed by atoms with Crippen LogP contribution < -0.4 is 15.4 Å². The van der Waals surface area contributed by atoms with Crippen molar-refractivity contribution in [2.75, 3.05) is 10.6 Å². The van der Waals surface area contributed by atoms with Gasteiger partial charge in [0, 0.05) is 16.9 Å². The Labute approximate surface area is 164 Å². The molecule has 1 atom stereocenters. The van der Waals surface area contributed by atoms with Gasteiger partial charge in [0.05, 0.1) is 0 Å². The molecule has 142 valence electrons. The molecule has 0 spiro atoms. The zero-order valence-electron chi connectivity index (χ0n) is 15.6. The number of carbonyl (C=O) groups is 2. The van der Waals surface area contributed by atoms with Gasteiger partial charge in [-0.3, -0.25) is 9.59 Å². The van der Waals surface area contributed by atoms with Gasteiger partial charge in [-0.2, -0.15) is 0 Å². The smallest absolute Gasteiger partial charge is 0.265 e. The molecular weight excluding hydrogens is 352 g/mol. The van der Waals surface area contributed by atoms with Crippen LogP contribution in [0.25, 0.3) is 0 Å². The zero-order valence-corrected chi connectivity index (χ0v) is 15.6. The van der Waals surface area contributed by atoms with E-state index in [1.165, 1.54) is 0 Å². The highest BCUT2D eigenvalue weighted by atomic mass is 16.5. The van der Waals surface area contributed by atoms with E-state index >= 15 is 0 Å². The summed E-state index contributed by atoms with van der Waals surface area (Å²) in [6.07, 6.45) is -0.0736. The molecule has 0 aliphatic rings. The number of carbonyl (C=O) groups excluding carboxylic acids is 2. The number of hydrogen-bond acceptors (Lipinski definition) is 3. The van der Waals surface area contributed by atoms with Crippen molar-refractivity contribution >= 4 is 23.2 Å². The summed E-state index contributed by atoms with van der Waals surface area (Å²) in [5.74, 6) is 0.203. The molecule has 0 aliphatic heterocycles. The lowest BCUT2D eigenvalue weighted by molar-refractivity contribution is -0.122. The third-order valence-corrected chi connectivity index (χ3v) is 4.11. The molecule has 2 N–H and O–H groups in total. The number of anilines is 2. The maximum atomic E-state index is 12.6. The number of nitrogens with one attached hydrogen (secondary N) is 2. The topological polar surface area (TPSA) is 67.4 Å². The number of ether oxygens (including phenoxy) is 1. The molecule has 0 saturated carbocycles. The molecule has 0 bridgehead atoms. The van der Waals surface area contributed by atoms with Crippen molar-refractivity contribution in [3.63, 3.8) is 0 Å². The summed E-state index contributed by atoms with van der Waals surface area (Å²) < 4.78 is 5.77. The molecule has 3 rings (SSSR count). The van der Waals surface area contributed by atoms with Crippen LogP contribution in [0.5, 0.6) is 5.75 Å². The molecule has 0 heterocycles. The number of amides is 2. The summed E-state index contributed by atoms with van der Waals surface area (Å²) in [5, 5.41) is 5.68.